The Morgan fingerprint density at radius 2 is 0.825 bits per heavy atom. The van der Waals surface area contributed by atoms with Gasteiger partial charge in [0.15, 0.2) is 0 Å². The van der Waals surface area contributed by atoms with Crippen LogP contribution < -0.4 is 0 Å². The zero-order chi connectivity index (χ0) is 27.3. The van der Waals surface area contributed by atoms with Gasteiger partial charge in [-0.2, -0.15) is 0 Å². The van der Waals surface area contributed by atoms with Gasteiger partial charge >= 0.3 is 0 Å². The molecule has 6 aromatic rings. The Morgan fingerprint density at radius 3 is 1.25 bits per heavy atom. The van der Waals surface area contributed by atoms with Gasteiger partial charge in [0.2, 0.25) is 0 Å². The molecule has 0 fully saturated rings. The van der Waals surface area contributed by atoms with Gasteiger partial charge < -0.3 is 0 Å². The summed E-state index contributed by atoms with van der Waals surface area (Å²) in [6.07, 6.45) is 12.3. The molecule has 0 saturated heterocycles. The molecule has 190 valence electrons. The Balaban J connectivity index is 1.09. The number of rotatable bonds is 4. The molecule has 0 saturated carbocycles. The second-order valence-electron chi connectivity index (χ2n) is 10.1. The maximum Gasteiger partial charge on any atom is 0.0708 e. The summed E-state index contributed by atoms with van der Waals surface area (Å²) in [5, 5.41) is 2.33. The van der Waals surface area contributed by atoms with E-state index >= 15 is 0 Å². The summed E-state index contributed by atoms with van der Waals surface area (Å²) in [5.74, 6) is 6.56. The van der Waals surface area contributed by atoms with Crippen molar-refractivity contribution in [3.63, 3.8) is 0 Å². The van der Waals surface area contributed by atoms with Gasteiger partial charge in [0.1, 0.15) is 0 Å². The van der Waals surface area contributed by atoms with Gasteiger partial charge in [-0.25, -0.2) is 0 Å². The minimum atomic E-state index is 0.992. The van der Waals surface area contributed by atoms with Crippen LogP contribution in [-0.4, -0.2) is 9.97 Å². The molecule has 0 aliphatic heterocycles. The fourth-order valence-electron chi connectivity index (χ4n) is 4.59. The molecule has 40 heavy (non-hydrogen) atoms. The molecule has 0 aliphatic carbocycles. The van der Waals surface area contributed by atoms with Crippen LogP contribution in [0.15, 0.2) is 109 Å². The number of hydrogen-bond acceptors (Lipinski definition) is 2. The Labute approximate surface area is 235 Å². The predicted octanol–water partition coefficient (Wildman–Crippen LogP) is 9.14. The van der Waals surface area contributed by atoms with Crippen molar-refractivity contribution in [2.24, 2.45) is 0 Å². The summed E-state index contributed by atoms with van der Waals surface area (Å²) in [5.41, 5.74) is 10.9. The van der Waals surface area contributed by atoms with E-state index in [0.29, 0.717) is 0 Å². The Morgan fingerprint density at radius 1 is 0.450 bits per heavy atom. The standard InChI is InChI=1S/C38H28N2/c1-27-21-35-19-17-33(23-37(35)39-25-27)15-13-31-9-5-29(6-10-31)3-4-30-7-11-32(12-8-30)14-16-34-18-20-36-22-28(2)26-40-38(36)24-34/h5-26H,1-2H3. The summed E-state index contributed by atoms with van der Waals surface area (Å²) in [6, 6.07) is 33.7. The zero-order valence-corrected chi connectivity index (χ0v) is 22.6. The van der Waals surface area contributed by atoms with Crippen LogP contribution in [0.25, 0.3) is 46.1 Å². The molecule has 0 N–H and O–H groups in total. The van der Waals surface area contributed by atoms with E-state index in [2.05, 4.69) is 157 Å². The fourth-order valence-corrected chi connectivity index (χ4v) is 4.59. The highest BCUT2D eigenvalue weighted by molar-refractivity contribution is 5.84. The van der Waals surface area contributed by atoms with E-state index in [1.165, 1.54) is 21.9 Å². The topological polar surface area (TPSA) is 25.8 Å². The molecule has 6 rings (SSSR count). The number of hydrogen-bond donors (Lipinski definition) is 0. The van der Waals surface area contributed by atoms with Crippen LogP contribution in [0, 0.1) is 25.7 Å². The molecule has 2 aromatic heterocycles. The lowest BCUT2D eigenvalue weighted by molar-refractivity contribution is 1.33. The molecular weight excluding hydrogens is 484 g/mol. The third-order valence-electron chi connectivity index (χ3n) is 6.80. The van der Waals surface area contributed by atoms with Crippen LogP contribution in [0.5, 0.6) is 0 Å². The van der Waals surface area contributed by atoms with E-state index in [9.17, 15) is 0 Å². The molecule has 2 heterocycles. The van der Waals surface area contributed by atoms with E-state index in [4.69, 9.17) is 0 Å². The Kier molecular flexibility index (Phi) is 7.03. The van der Waals surface area contributed by atoms with Gasteiger partial charge in [0, 0.05) is 34.3 Å². The summed E-state index contributed by atoms with van der Waals surface area (Å²) in [7, 11) is 0. The summed E-state index contributed by atoms with van der Waals surface area (Å²) in [6.45, 7) is 4.13. The molecule has 0 unspecified atom stereocenters. The molecule has 0 bridgehead atoms. The average Bonchev–Trinajstić information content (AvgIpc) is 2.99. The molecular formula is C38H28N2. The lowest BCUT2D eigenvalue weighted by atomic mass is 10.1. The number of pyridine rings is 2. The van der Waals surface area contributed by atoms with Gasteiger partial charge in [0.25, 0.3) is 0 Å². The van der Waals surface area contributed by atoms with Crippen LogP contribution in [-0.2, 0) is 0 Å². The molecule has 0 spiro atoms. The van der Waals surface area contributed by atoms with Gasteiger partial charge in [0.05, 0.1) is 11.0 Å². The molecule has 0 amide bonds. The number of fused-ring (bicyclic) bond motifs is 2. The van der Waals surface area contributed by atoms with Crippen molar-refractivity contribution in [1.29, 1.82) is 0 Å². The number of aryl methyl sites for hydroxylation is 2. The number of aromatic nitrogens is 2. The second kappa shape index (κ2) is 11.2. The maximum atomic E-state index is 4.54. The Hall–Kier alpha value is -5.26. The highest BCUT2D eigenvalue weighted by atomic mass is 14.7. The first-order valence-corrected chi connectivity index (χ1v) is 13.4. The minimum absolute atomic E-state index is 0.992. The smallest absolute Gasteiger partial charge is 0.0708 e. The van der Waals surface area contributed by atoms with Crippen LogP contribution in [0.2, 0.25) is 0 Å². The normalized spacial score (nSPS) is 11.3. The quantitative estimate of drug-likeness (QED) is 0.174. The Bertz CT molecular complexity index is 1810. The molecule has 4 aromatic carbocycles. The monoisotopic (exact) mass is 512 g/mol. The van der Waals surface area contributed by atoms with E-state index in [1.54, 1.807) is 0 Å². The highest BCUT2D eigenvalue weighted by Gasteiger charge is 1.98. The van der Waals surface area contributed by atoms with Crippen LogP contribution in [0.1, 0.15) is 44.5 Å². The fraction of sp³-hybridized carbons (Fsp3) is 0.0526. The molecule has 2 heteroatoms. The van der Waals surface area contributed by atoms with E-state index in [-0.39, 0.29) is 0 Å². The lowest BCUT2D eigenvalue weighted by Gasteiger charge is -2.01. The van der Waals surface area contributed by atoms with Crippen LogP contribution in [0.4, 0.5) is 0 Å². The van der Waals surface area contributed by atoms with Crippen LogP contribution in [0.3, 0.4) is 0 Å². The maximum absolute atomic E-state index is 4.54. The average molecular weight is 513 g/mol. The van der Waals surface area contributed by atoms with Gasteiger partial charge in [-0.1, -0.05) is 84.7 Å². The van der Waals surface area contributed by atoms with Gasteiger partial charge in [-0.15, -0.1) is 0 Å². The molecule has 0 atom stereocenters. The summed E-state index contributed by atoms with van der Waals surface area (Å²) in [4.78, 5) is 9.07. The minimum Gasteiger partial charge on any atom is -0.256 e. The first kappa shape index (κ1) is 25.0. The summed E-state index contributed by atoms with van der Waals surface area (Å²) >= 11 is 0. The zero-order valence-electron chi connectivity index (χ0n) is 22.6. The molecule has 0 radical (unpaired) electrons. The van der Waals surface area contributed by atoms with Crippen molar-refractivity contribution in [1.82, 2.24) is 9.97 Å². The predicted molar refractivity (Wildman–Crippen MR) is 170 cm³/mol. The third kappa shape index (κ3) is 6.07. The van der Waals surface area contributed by atoms with Crippen molar-refractivity contribution in [2.45, 2.75) is 13.8 Å². The summed E-state index contributed by atoms with van der Waals surface area (Å²) < 4.78 is 0. The van der Waals surface area contributed by atoms with Crippen molar-refractivity contribution >= 4 is 46.1 Å². The van der Waals surface area contributed by atoms with Crippen molar-refractivity contribution in [3.05, 3.63) is 154 Å². The number of nitrogens with zero attached hydrogens (tertiary/aromatic N) is 2. The van der Waals surface area contributed by atoms with Crippen LogP contribution >= 0.6 is 0 Å². The molecule has 0 aliphatic rings. The largest absolute Gasteiger partial charge is 0.256 e. The first-order chi connectivity index (χ1) is 19.6. The van der Waals surface area contributed by atoms with Crippen molar-refractivity contribution < 1.29 is 0 Å². The number of benzene rings is 4. The molecule has 2 nitrogen and oxygen atoms in total. The van der Waals surface area contributed by atoms with Crippen molar-refractivity contribution in [3.8, 4) is 11.8 Å². The van der Waals surface area contributed by atoms with Gasteiger partial charge in [-0.05, 0) is 95.8 Å². The first-order valence-electron chi connectivity index (χ1n) is 13.4. The van der Waals surface area contributed by atoms with E-state index in [0.717, 1.165) is 44.4 Å². The van der Waals surface area contributed by atoms with Crippen molar-refractivity contribution in [2.75, 3.05) is 0 Å². The van der Waals surface area contributed by atoms with E-state index < -0.39 is 0 Å². The van der Waals surface area contributed by atoms with E-state index in [1.807, 2.05) is 12.4 Å². The van der Waals surface area contributed by atoms with Gasteiger partial charge in [-0.3, -0.25) is 9.97 Å². The third-order valence-corrected chi connectivity index (χ3v) is 6.80. The SMILES string of the molecule is Cc1cnc2cc(C=Cc3ccc(C#Cc4ccc(C=Cc5ccc6cc(C)cnc6c5)cc4)cc3)ccc2c1. The second-order valence-corrected chi connectivity index (χ2v) is 10.1. The lowest BCUT2D eigenvalue weighted by Crippen LogP contribution is -1.82. The highest BCUT2D eigenvalue weighted by Crippen LogP contribution is 2.19.